The van der Waals surface area contributed by atoms with E-state index in [0.29, 0.717) is 17.0 Å². The van der Waals surface area contributed by atoms with Crippen molar-refractivity contribution in [2.45, 2.75) is 19.4 Å². The Kier molecular flexibility index (Phi) is 6.39. The van der Waals surface area contributed by atoms with E-state index in [1.807, 2.05) is 19.0 Å². The third kappa shape index (κ3) is 5.95. The van der Waals surface area contributed by atoms with E-state index >= 15 is 0 Å². The quantitative estimate of drug-likeness (QED) is 0.900. The Hall–Kier alpha value is -0.720. The zero-order valence-electron chi connectivity index (χ0n) is 10.3. The molecule has 0 bridgehead atoms. The van der Waals surface area contributed by atoms with Crippen LogP contribution in [0.2, 0.25) is 0 Å². The van der Waals surface area contributed by atoms with Crippen molar-refractivity contribution >= 4 is 21.7 Å². The Bertz CT molecular complexity index is 335. The van der Waals surface area contributed by atoms with Crippen molar-refractivity contribution in [3.63, 3.8) is 0 Å². The molecule has 0 aliphatic carbocycles. The van der Waals surface area contributed by atoms with E-state index in [9.17, 15) is 0 Å². The fraction of sp³-hybridized carbons (Fsp3) is 0.636. The van der Waals surface area contributed by atoms with Crippen LogP contribution < -0.4 is 5.73 Å². The number of hydrogen-bond acceptors (Lipinski definition) is 5. The fourth-order valence-electron chi connectivity index (χ4n) is 1.34. The summed E-state index contributed by atoms with van der Waals surface area (Å²) in [7, 11) is 3.92. The molecule has 1 fully saturated rings. The zero-order chi connectivity index (χ0) is 12.7. The molecule has 1 aliphatic heterocycles. The molecular formula is C11H19BrN4O. The number of nitrogen functional groups attached to an aromatic ring is 1. The Morgan fingerprint density at radius 1 is 1.41 bits per heavy atom. The Labute approximate surface area is 111 Å². The van der Waals surface area contributed by atoms with Crippen LogP contribution in [0, 0.1) is 0 Å². The molecule has 1 aliphatic rings. The summed E-state index contributed by atoms with van der Waals surface area (Å²) in [6, 6.07) is 0. The minimum Gasteiger partial charge on any atom is -0.382 e. The molecule has 2 heterocycles. The molecule has 5 nitrogen and oxygen atoms in total. The molecule has 2 N–H and O–H groups in total. The van der Waals surface area contributed by atoms with Gasteiger partial charge in [-0.25, -0.2) is 4.98 Å². The number of aromatic nitrogens is 2. The average molecular weight is 303 g/mol. The van der Waals surface area contributed by atoms with Gasteiger partial charge in [0.15, 0.2) is 0 Å². The molecule has 2 rings (SSSR count). The van der Waals surface area contributed by atoms with Gasteiger partial charge in [-0.15, -0.1) is 0 Å². The summed E-state index contributed by atoms with van der Waals surface area (Å²) < 4.78 is 5.61. The summed E-state index contributed by atoms with van der Waals surface area (Å²) in [5.41, 5.74) is 6.45. The molecule has 0 saturated carbocycles. The van der Waals surface area contributed by atoms with Crippen molar-refractivity contribution in [3.8, 4) is 0 Å². The van der Waals surface area contributed by atoms with Crippen LogP contribution in [-0.4, -0.2) is 42.2 Å². The number of ether oxygens (including phenoxy) is 1. The van der Waals surface area contributed by atoms with Crippen molar-refractivity contribution in [2.75, 3.05) is 33.0 Å². The highest BCUT2D eigenvalue weighted by Crippen LogP contribution is 2.11. The minimum absolute atomic E-state index is 0.484. The molecule has 0 aromatic carbocycles. The first-order chi connectivity index (χ1) is 8.09. The van der Waals surface area contributed by atoms with E-state index in [2.05, 4.69) is 25.9 Å². The lowest BCUT2D eigenvalue weighted by molar-refractivity contribution is 0.198. The van der Waals surface area contributed by atoms with Crippen LogP contribution in [0.25, 0.3) is 0 Å². The number of rotatable bonds is 2. The highest BCUT2D eigenvalue weighted by Gasteiger charge is 2.03. The third-order valence-electron chi connectivity index (χ3n) is 2.14. The van der Waals surface area contributed by atoms with Crippen LogP contribution in [0.5, 0.6) is 0 Å². The van der Waals surface area contributed by atoms with Crippen molar-refractivity contribution in [2.24, 2.45) is 0 Å². The molecule has 1 aromatic heterocycles. The topological polar surface area (TPSA) is 64.3 Å². The second kappa shape index (κ2) is 7.58. The largest absolute Gasteiger partial charge is 0.382 e. The van der Waals surface area contributed by atoms with Gasteiger partial charge in [0.25, 0.3) is 0 Å². The maximum atomic E-state index is 5.64. The standard InChI is InChI=1S/C7H11BrN4.C4H8O/c1-12(2)4-5-7(9)11-6(8)3-10-5;1-2-4-5-3-1/h3H,4H2,1-2H3,(H2,9,11);1-4H2. The maximum absolute atomic E-state index is 5.64. The molecule has 0 unspecified atom stereocenters. The molecule has 0 amide bonds. The predicted octanol–water partition coefficient (Wildman–Crippen LogP) is 1.68. The van der Waals surface area contributed by atoms with Gasteiger partial charge in [-0.05, 0) is 42.9 Å². The van der Waals surface area contributed by atoms with Crippen LogP contribution >= 0.6 is 15.9 Å². The summed E-state index contributed by atoms with van der Waals surface area (Å²) in [6.45, 7) is 2.71. The van der Waals surface area contributed by atoms with Crippen molar-refractivity contribution in [1.29, 1.82) is 0 Å². The second-order valence-electron chi connectivity index (χ2n) is 4.08. The van der Waals surface area contributed by atoms with Crippen molar-refractivity contribution < 1.29 is 4.74 Å². The number of hydrogen-bond donors (Lipinski definition) is 1. The molecular weight excluding hydrogens is 284 g/mol. The second-order valence-corrected chi connectivity index (χ2v) is 4.89. The van der Waals surface area contributed by atoms with Crippen LogP contribution in [0.1, 0.15) is 18.5 Å². The molecule has 96 valence electrons. The van der Waals surface area contributed by atoms with Crippen LogP contribution in [0.3, 0.4) is 0 Å². The average Bonchev–Trinajstić information content (AvgIpc) is 2.80. The predicted molar refractivity (Wildman–Crippen MR) is 71.6 cm³/mol. The number of nitrogens with two attached hydrogens (primary N) is 1. The van der Waals surface area contributed by atoms with Gasteiger partial charge >= 0.3 is 0 Å². The lowest BCUT2D eigenvalue weighted by atomic mass is 10.4. The summed E-state index contributed by atoms with van der Waals surface area (Å²) in [6.07, 6.45) is 4.20. The normalized spacial score (nSPS) is 14.6. The Morgan fingerprint density at radius 2 is 2.06 bits per heavy atom. The first kappa shape index (κ1) is 14.3. The van der Waals surface area contributed by atoms with Crippen molar-refractivity contribution in [1.82, 2.24) is 14.9 Å². The van der Waals surface area contributed by atoms with E-state index in [1.165, 1.54) is 12.8 Å². The highest BCUT2D eigenvalue weighted by atomic mass is 79.9. The van der Waals surface area contributed by atoms with E-state index in [1.54, 1.807) is 6.20 Å². The lowest BCUT2D eigenvalue weighted by Gasteiger charge is -2.09. The summed E-state index contributed by atoms with van der Waals surface area (Å²) in [4.78, 5) is 10.2. The smallest absolute Gasteiger partial charge is 0.147 e. The molecule has 1 saturated heterocycles. The van der Waals surface area contributed by atoms with Gasteiger partial charge in [-0.1, -0.05) is 0 Å². The van der Waals surface area contributed by atoms with E-state index in [4.69, 9.17) is 10.5 Å². The summed E-state index contributed by atoms with van der Waals surface area (Å²) >= 11 is 3.20. The SMILES string of the molecule is C1CCOC1.CN(C)Cc1ncc(Br)nc1N. The molecule has 1 aromatic rings. The van der Waals surface area contributed by atoms with Gasteiger partial charge in [0, 0.05) is 19.8 Å². The van der Waals surface area contributed by atoms with Gasteiger partial charge in [-0.2, -0.15) is 0 Å². The van der Waals surface area contributed by atoms with E-state index in [0.717, 1.165) is 18.9 Å². The van der Waals surface area contributed by atoms with Gasteiger partial charge in [-0.3, -0.25) is 4.98 Å². The monoisotopic (exact) mass is 302 g/mol. The number of anilines is 1. The molecule has 0 atom stereocenters. The molecule has 6 heteroatoms. The third-order valence-corrected chi connectivity index (χ3v) is 2.53. The fourth-order valence-corrected chi connectivity index (χ4v) is 1.63. The van der Waals surface area contributed by atoms with Crippen LogP contribution in [0.15, 0.2) is 10.8 Å². The van der Waals surface area contributed by atoms with Gasteiger partial charge in [0.05, 0.1) is 11.9 Å². The first-order valence-corrected chi connectivity index (χ1v) is 6.38. The van der Waals surface area contributed by atoms with E-state index in [-0.39, 0.29) is 0 Å². The lowest BCUT2D eigenvalue weighted by Crippen LogP contribution is -2.14. The molecule has 17 heavy (non-hydrogen) atoms. The first-order valence-electron chi connectivity index (χ1n) is 5.59. The number of nitrogens with zero attached hydrogens (tertiary/aromatic N) is 3. The molecule has 0 spiro atoms. The van der Waals surface area contributed by atoms with Gasteiger partial charge < -0.3 is 15.4 Å². The Morgan fingerprint density at radius 3 is 2.47 bits per heavy atom. The van der Waals surface area contributed by atoms with Crippen LogP contribution in [-0.2, 0) is 11.3 Å². The maximum Gasteiger partial charge on any atom is 0.147 e. The summed E-state index contributed by atoms with van der Waals surface area (Å²) in [5, 5.41) is 0. The zero-order valence-corrected chi connectivity index (χ0v) is 11.9. The summed E-state index contributed by atoms with van der Waals surface area (Å²) in [5.74, 6) is 0.484. The minimum atomic E-state index is 0.484. The van der Waals surface area contributed by atoms with Crippen LogP contribution in [0.4, 0.5) is 5.82 Å². The molecule has 0 radical (unpaired) electrons. The van der Waals surface area contributed by atoms with E-state index < -0.39 is 0 Å². The Balaban J connectivity index is 0.000000239. The van der Waals surface area contributed by atoms with Gasteiger partial charge in [0.1, 0.15) is 10.4 Å². The van der Waals surface area contributed by atoms with Crippen molar-refractivity contribution in [3.05, 3.63) is 16.5 Å². The highest BCUT2D eigenvalue weighted by molar-refractivity contribution is 9.10. The number of halogens is 1. The van der Waals surface area contributed by atoms with Gasteiger partial charge in [0.2, 0.25) is 0 Å².